The van der Waals surface area contributed by atoms with Gasteiger partial charge in [0.2, 0.25) is 0 Å². The van der Waals surface area contributed by atoms with Crippen LogP contribution in [0.25, 0.3) is 6.08 Å². The molecule has 1 fully saturated rings. The van der Waals surface area contributed by atoms with Gasteiger partial charge in [0.1, 0.15) is 18.5 Å². The minimum Gasteiger partial charge on any atom is -0.496 e. The zero-order valence-electron chi connectivity index (χ0n) is 18.1. The highest BCUT2D eigenvalue weighted by Gasteiger charge is 2.43. The summed E-state index contributed by atoms with van der Waals surface area (Å²) in [4.78, 5) is 25.5. The zero-order valence-corrected chi connectivity index (χ0v) is 18.1. The van der Waals surface area contributed by atoms with Crippen LogP contribution in [0.4, 0.5) is 10.5 Å². The lowest BCUT2D eigenvalue weighted by Gasteiger charge is -2.30. The summed E-state index contributed by atoms with van der Waals surface area (Å²) >= 11 is 0. The molecule has 6 heteroatoms. The average molecular weight is 422 g/mol. The normalized spacial score (nSPS) is 19.8. The number of rotatable bonds is 6. The Balaban J connectivity index is 1.67. The standard InChI is InChI=1S/C25H28N2O4/c1-30-23-15-20(24(28)31-2)11-12-21(23)17-27(14-13-19-9-5-6-10-22(19)27)25(29)26-16-18-7-3-4-8-18/h5-6,9-15,18H,3-4,7-8,16-17H2,1-2H3/p+1. The largest absolute Gasteiger partial charge is 0.496 e. The molecule has 0 saturated heterocycles. The van der Waals surface area contributed by atoms with E-state index in [1.54, 1.807) is 19.2 Å². The molecule has 1 atom stereocenters. The van der Waals surface area contributed by atoms with Crippen LogP contribution in [0.5, 0.6) is 5.75 Å². The van der Waals surface area contributed by atoms with Crippen molar-refractivity contribution in [2.75, 3.05) is 20.8 Å². The maximum atomic E-state index is 13.6. The molecule has 1 heterocycles. The van der Waals surface area contributed by atoms with Crippen LogP contribution < -0.4 is 14.5 Å². The summed E-state index contributed by atoms with van der Waals surface area (Å²) in [6, 6.07) is 13.1. The predicted molar refractivity (Wildman–Crippen MR) is 121 cm³/mol. The highest BCUT2D eigenvalue weighted by molar-refractivity contribution is 5.95. The second-order valence-electron chi connectivity index (χ2n) is 8.26. The third-order valence-electron chi connectivity index (χ3n) is 6.38. The highest BCUT2D eigenvalue weighted by Crippen LogP contribution is 2.39. The average Bonchev–Trinajstić information content (AvgIpc) is 3.46. The quantitative estimate of drug-likeness (QED) is 0.534. The Hall–Kier alpha value is -3.12. The fraction of sp³-hybridized carbons (Fsp3) is 0.360. The van der Waals surface area contributed by atoms with E-state index in [2.05, 4.69) is 5.32 Å². The van der Waals surface area contributed by atoms with E-state index >= 15 is 0 Å². The summed E-state index contributed by atoms with van der Waals surface area (Å²) in [5.74, 6) is 0.691. The maximum Gasteiger partial charge on any atom is 0.426 e. The smallest absolute Gasteiger partial charge is 0.426 e. The number of carbonyl (C=O) groups excluding carboxylic acids is 2. The van der Waals surface area contributed by atoms with Gasteiger partial charge < -0.3 is 14.8 Å². The molecule has 1 aliphatic heterocycles. The molecule has 2 aliphatic rings. The van der Waals surface area contributed by atoms with Gasteiger partial charge in [-0.15, -0.1) is 0 Å². The number of carbonyl (C=O) groups is 2. The Morgan fingerprint density at radius 2 is 1.87 bits per heavy atom. The lowest BCUT2D eigenvalue weighted by Crippen LogP contribution is -2.54. The molecule has 1 unspecified atom stereocenters. The molecule has 6 nitrogen and oxygen atoms in total. The molecule has 31 heavy (non-hydrogen) atoms. The van der Waals surface area contributed by atoms with Crippen molar-refractivity contribution in [3.8, 4) is 5.75 Å². The van der Waals surface area contributed by atoms with Crippen LogP contribution in [0, 0.1) is 5.92 Å². The van der Waals surface area contributed by atoms with Gasteiger partial charge in [-0.1, -0.05) is 25.0 Å². The number of para-hydroxylation sites is 1. The maximum absolute atomic E-state index is 13.6. The number of quaternary nitrogens is 1. The van der Waals surface area contributed by atoms with Crippen molar-refractivity contribution in [2.24, 2.45) is 5.92 Å². The summed E-state index contributed by atoms with van der Waals surface area (Å²) in [5, 5.41) is 3.21. The second-order valence-corrected chi connectivity index (χ2v) is 8.26. The number of esters is 1. The molecule has 162 valence electrons. The molecule has 0 radical (unpaired) electrons. The van der Waals surface area contributed by atoms with E-state index in [0.717, 1.165) is 16.8 Å². The third-order valence-corrected chi connectivity index (χ3v) is 6.38. The first-order chi connectivity index (χ1) is 15.1. The lowest BCUT2D eigenvalue weighted by molar-refractivity contribution is 0.0600. The van der Waals surface area contributed by atoms with Crippen LogP contribution in [-0.2, 0) is 11.3 Å². The van der Waals surface area contributed by atoms with Crippen LogP contribution in [0.3, 0.4) is 0 Å². The fourth-order valence-electron chi connectivity index (χ4n) is 4.64. The van der Waals surface area contributed by atoms with Crippen molar-refractivity contribution in [3.05, 3.63) is 65.4 Å². The van der Waals surface area contributed by atoms with Gasteiger partial charge in [0.25, 0.3) is 0 Å². The molecule has 1 N–H and O–H groups in total. The Kier molecular flexibility index (Phi) is 6.09. The van der Waals surface area contributed by atoms with E-state index in [-0.39, 0.29) is 10.5 Å². The molecular formula is C25H29N2O4+. The summed E-state index contributed by atoms with van der Waals surface area (Å²) < 4.78 is 10.4. The minimum atomic E-state index is -0.422. The van der Waals surface area contributed by atoms with Crippen LogP contribution >= 0.6 is 0 Å². The number of nitrogens with zero attached hydrogens (tertiary/aromatic N) is 1. The third kappa shape index (κ3) is 4.08. The Morgan fingerprint density at radius 3 is 2.61 bits per heavy atom. The zero-order chi connectivity index (χ0) is 21.8. The van der Waals surface area contributed by atoms with Crippen molar-refractivity contribution in [1.29, 1.82) is 0 Å². The van der Waals surface area contributed by atoms with E-state index in [9.17, 15) is 9.59 Å². The van der Waals surface area contributed by atoms with Crippen LogP contribution in [0.1, 0.15) is 47.2 Å². The number of ether oxygens (including phenoxy) is 2. The van der Waals surface area contributed by atoms with Crippen molar-refractivity contribution in [2.45, 2.75) is 32.2 Å². The highest BCUT2D eigenvalue weighted by atomic mass is 16.5. The van der Waals surface area contributed by atoms with Crippen molar-refractivity contribution in [3.63, 3.8) is 0 Å². The number of amides is 2. The fourth-order valence-corrected chi connectivity index (χ4v) is 4.64. The van der Waals surface area contributed by atoms with Crippen molar-refractivity contribution < 1.29 is 19.1 Å². The first-order valence-electron chi connectivity index (χ1n) is 10.8. The van der Waals surface area contributed by atoms with Crippen molar-refractivity contribution in [1.82, 2.24) is 9.80 Å². The number of fused-ring (bicyclic) bond motifs is 1. The Labute approximate surface area is 183 Å². The van der Waals surface area contributed by atoms with Gasteiger partial charge in [-0.05, 0) is 43.0 Å². The SMILES string of the molecule is COC(=O)c1ccc(C[N+]2(C(=O)NCC3CCCC3)C=Cc3ccccc32)c(OC)c1. The second kappa shape index (κ2) is 8.94. The molecular weight excluding hydrogens is 392 g/mol. The number of nitrogens with one attached hydrogen (secondary N) is 1. The minimum absolute atomic E-state index is 0.0385. The summed E-state index contributed by atoms with van der Waals surface area (Å²) in [6.45, 7) is 1.09. The predicted octanol–water partition coefficient (Wildman–Crippen LogP) is 4.87. The van der Waals surface area contributed by atoms with Crippen LogP contribution in [-0.4, -0.2) is 32.8 Å². The van der Waals surface area contributed by atoms with E-state index in [1.807, 2.05) is 42.6 Å². The van der Waals surface area contributed by atoms with E-state index < -0.39 is 5.97 Å². The van der Waals surface area contributed by atoms with Crippen LogP contribution in [0.2, 0.25) is 0 Å². The number of hydrogen-bond donors (Lipinski definition) is 1. The number of urea groups is 1. The molecule has 1 saturated carbocycles. The topological polar surface area (TPSA) is 64.6 Å². The Morgan fingerprint density at radius 1 is 1.10 bits per heavy atom. The summed E-state index contributed by atoms with van der Waals surface area (Å²) in [6.07, 6.45) is 8.78. The summed E-state index contributed by atoms with van der Waals surface area (Å²) in [5.41, 5.74) is 3.22. The van der Waals surface area contributed by atoms with Gasteiger partial charge in [0.05, 0.1) is 19.8 Å². The first kappa shape index (κ1) is 21.1. The first-order valence-corrected chi connectivity index (χ1v) is 10.8. The molecule has 2 aromatic rings. The lowest BCUT2D eigenvalue weighted by atomic mass is 10.1. The van der Waals surface area contributed by atoms with Gasteiger partial charge in [-0.2, -0.15) is 4.48 Å². The van der Waals surface area contributed by atoms with E-state index in [0.29, 0.717) is 30.3 Å². The van der Waals surface area contributed by atoms with Crippen LogP contribution in [0.15, 0.2) is 48.7 Å². The molecule has 0 aromatic heterocycles. The van der Waals surface area contributed by atoms with E-state index in [4.69, 9.17) is 9.47 Å². The molecule has 0 bridgehead atoms. The molecule has 2 amide bonds. The molecule has 0 spiro atoms. The van der Waals surface area contributed by atoms with Gasteiger partial charge in [-0.3, -0.25) is 0 Å². The molecule has 2 aromatic carbocycles. The number of hydrogen-bond acceptors (Lipinski definition) is 4. The van der Waals surface area contributed by atoms with Gasteiger partial charge in [-0.25, -0.2) is 9.59 Å². The monoisotopic (exact) mass is 421 g/mol. The Bertz CT molecular complexity index is 1010. The van der Waals surface area contributed by atoms with Crippen molar-refractivity contribution >= 4 is 23.8 Å². The van der Waals surface area contributed by atoms with Gasteiger partial charge in [0, 0.05) is 29.8 Å². The van der Waals surface area contributed by atoms with Gasteiger partial charge in [0.15, 0.2) is 5.69 Å². The number of methoxy groups -OCH3 is 2. The van der Waals surface area contributed by atoms with Gasteiger partial charge >= 0.3 is 12.0 Å². The molecule has 1 aliphatic carbocycles. The van der Waals surface area contributed by atoms with E-state index in [1.165, 1.54) is 32.8 Å². The number of benzene rings is 2. The molecule has 4 rings (SSSR count). The summed E-state index contributed by atoms with van der Waals surface area (Å²) in [7, 11) is 2.92.